The van der Waals surface area contributed by atoms with E-state index in [1.54, 1.807) is 13.4 Å². The third kappa shape index (κ3) is 6.50. The van der Waals surface area contributed by atoms with Gasteiger partial charge in [-0.15, -0.1) is 0 Å². The van der Waals surface area contributed by atoms with Crippen LogP contribution in [0.2, 0.25) is 0 Å². The molecular formula is C25H36N4O3. The fourth-order valence-corrected chi connectivity index (χ4v) is 4.50. The lowest BCUT2D eigenvalue weighted by Gasteiger charge is -2.34. The van der Waals surface area contributed by atoms with Gasteiger partial charge in [-0.05, 0) is 42.7 Å². The quantitative estimate of drug-likeness (QED) is 0.460. The molecule has 2 heterocycles. The molecule has 1 aromatic carbocycles. The van der Waals surface area contributed by atoms with Gasteiger partial charge < -0.3 is 24.5 Å². The van der Waals surface area contributed by atoms with E-state index in [0.29, 0.717) is 12.6 Å². The molecule has 2 N–H and O–H groups in total. The van der Waals surface area contributed by atoms with Gasteiger partial charge in [-0.25, -0.2) is 0 Å². The molecule has 2 aromatic rings. The molecule has 1 saturated heterocycles. The summed E-state index contributed by atoms with van der Waals surface area (Å²) in [6, 6.07) is 13.0. The van der Waals surface area contributed by atoms with Crippen molar-refractivity contribution in [2.75, 3.05) is 46.5 Å². The van der Waals surface area contributed by atoms with Gasteiger partial charge in [-0.3, -0.25) is 9.89 Å². The molecule has 1 atom stereocenters. The number of nitrogens with zero attached hydrogens (tertiary/aromatic N) is 2. The van der Waals surface area contributed by atoms with Crippen molar-refractivity contribution in [1.29, 1.82) is 0 Å². The Bertz CT molecular complexity index is 810. The van der Waals surface area contributed by atoms with Crippen molar-refractivity contribution >= 4 is 5.96 Å². The van der Waals surface area contributed by atoms with E-state index in [2.05, 4.69) is 27.7 Å². The molecule has 7 heteroatoms. The van der Waals surface area contributed by atoms with Gasteiger partial charge in [0.1, 0.15) is 11.5 Å². The van der Waals surface area contributed by atoms with Crippen molar-refractivity contribution < 1.29 is 13.9 Å². The Balaban J connectivity index is 1.46. The Hall–Kier alpha value is -2.51. The van der Waals surface area contributed by atoms with E-state index in [-0.39, 0.29) is 6.04 Å². The molecule has 0 amide bonds. The van der Waals surface area contributed by atoms with Gasteiger partial charge in [0.2, 0.25) is 0 Å². The first-order valence-corrected chi connectivity index (χ1v) is 11.8. The second-order valence-corrected chi connectivity index (χ2v) is 8.51. The predicted molar refractivity (Wildman–Crippen MR) is 126 cm³/mol. The molecule has 0 radical (unpaired) electrons. The fourth-order valence-electron chi connectivity index (χ4n) is 4.50. The maximum Gasteiger partial charge on any atom is 0.191 e. The highest BCUT2D eigenvalue weighted by atomic mass is 16.5. The van der Waals surface area contributed by atoms with Crippen LogP contribution >= 0.6 is 0 Å². The van der Waals surface area contributed by atoms with Crippen molar-refractivity contribution in [1.82, 2.24) is 15.5 Å². The van der Waals surface area contributed by atoms with Crippen molar-refractivity contribution in [3.05, 3.63) is 54.0 Å². The number of hydrogen-bond donors (Lipinski definition) is 2. The van der Waals surface area contributed by atoms with Crippen LogP contribution in [0, 0.1) is 0 Å². The fraction of sp³-hybridized carbons (Fsp3) is 0.560. The SMILES string of the molecule is COc1ccc(C(CN=C(NCCc2ccco2)NC2CCCC2)N2CCOCC2)cc1. The molecule has 4 rings (SSSR count). The highest BCUT2D eigenvalue weighted by Gasteiger charge is 2.23. The lowest BCUT2D eigenvalue weighted by atomic mass is 10.0. The Labute approximate surface area is 191 Å². The second-order valence-electron chi connectivity index (χ2n) is 8.51. The standard InChI is InChI=1S/C25H36N4O3/c1-30-22-10-8-20(9-11-22)24(29-14-17-31-18-15-29)19-27-25(28-21-5-2-3-6-21)26-13-12-23-7-4-16-32-23/h4,7-11,16,21,24H,2-3,5-6,12-15,17-19H2,1H3,(H2,26,27,28). The minimum Gasteiger partial charge on any atom is -0.497 e. The summed E-state index contributed by atoms with van der Waals surface area (Å²) >= 11 is 0. The van der Waals surface area contributed by atoms with E-state index in [4.69, 9.17) is 18.9 Å². The van der Waals surface area contributed by atoms with Crippen molar-refractivity contribution in [3.63, 3.8) is 0 Å². The number of aliphatic imine (C=N–C) groups is 1. The third-order valence-electron chi connectivity index (χ3n) is 6.35. The zero-order valence-corrected chi connectivity index (χ0v) is 19.1. The third-order valence-corrected chi connectivity index (χ3v) is 6.35. The number of benzene rings is 1. The van der Waals surface area contributed by atoms with E-state index in [1.807, 2.05) is 24.3 Å². The summed E-state index contributed by atoms with van der Waals surface area (Å²) in [6.07, 6.45) is 7.57. The van der Waals surface area contributed by atoms with Gasteiger partial charge in [0.05, 0.1) is 39.2 Å². The van der Waals surface area contributed by atoms with Gasteiger partial charge in [-0.1, -0.05) is 25.0 Å². The molecule has 1 aliphatic carbocycles. The van der Waals surface area contributed by atoms with Crippen LogP contribution in [0.25, 0.3) is 0 Å². The van der Waals surface area contributed by atoms with Crippen molar-refractivity contribution in [3.8, 4) is 5.75 Å². The first-order valence-electron chi connectivity index (χ1n) is 11.8. The Morgan fingerprint density at radius 2 is 1.94 bits per heavy atom. The summed E-state index contributed by atoms with van der Waals surface area (Å²) in [5.74, 6) is 2.76. The zero-order chi connectivity index (χ0) is 22.0. The molecule has 32 heavy (non-hydrogen) atoms. The summed E-state index contributed by atoms with van der Waals surface area (Å²) in [7, 11) is 1.70. The van der Waals surface area contributed by atoms with Gasteiger partial charge in [0.15, 0.2) is 5.96 Å². The summed E-state index contributed by atoms with van der Waals surface area (Å²) in [5.41, 5.74) is 1.26. The molecule has 2 aliphatic rings. The molecule has 0 bridgehead atoms. The lowest BCUT2D eigenvalue weighted by Crippen LogP contribution is -2.44. The number of nitrogens with one attached hydrogen (secondary N) is 2. The number of guanidine groups is 1. The molecule has 1 saturated carbocycles. The number of rotatable bonds is 9. The molecule has 2 fully saturated rings. The van der Waals surface area contributed by atoms with Crippen LogP contribution < -0.4 is 15.4 Å². The number of morpholine rings is 1. The van der Waals surface area contributed by atoms with Crippen LogP contribution in [0.15, 0.2) is 52.1 Å². The van der Waals surface area contributed by atoms with Crippen LogP contribution in [0.1, 0.15) is 43.0 Å². The van der Waals surface area contributed by atoms with E-state index >= 15 is 0 Å². The average molecular weight is 441 g/mol. The van der Waals surface area contributed by atoms with Gasteiger partial charge >= 0.3 is 0 Å². The van der Waals surface area contributed by atoms with Crippen molar-refractivity contribution in [2.45, 2.75) is 44.2 Å². The van der Waals surface area contributed by atoms with Gasteiger partial charge in [0, 0.05) is 32.1 Å². The predicted octanol–water partition coefficient (Wildman–Crippen LogP) is 3.38. The Morgan fingerprint density at radius 1 is 1.16 bits per heavy atom. The van der Waals surface area contributed by atoms with E-state index in [9.17, 15) is 0 Å². The van der Waals surface area contributed by atoms with Crippen LogP contribution in [0.3, 0.4) is 0 Å². The van der Waals surface area contributed by atoms with Crippen molar-refractivity contribution in [2.24, 2.45) is 4.99 Å². The summed E-state index contributed by atoms with van der Waals surface area (Å²) in [4.78, 5) is 7.53. The molecule has 1 unspecified atom stereocenters. The monoisotopic (exact) mass is 440 g/mol. The molecule has 0 spiro atoms. The Kier molecular flexibility index (Phi) is 8.45. The van der Waals surface area contributed by atoms with E-state index in [1.165, 1.54) is 31.2 Å². The first kappa shape index (κ1) is 22.7. The van der Waals surface area contributed by atoms with E-state index in [0.717, 1.165) is 56.7 Å². The topological polar surface area (TPSA) is 71.3 Å². The minimum absolute atomic E-state index is 0.206. The maximum absolute atomic E-state index is 5.59. The number of furan rings is 1. The minimum atomic E-state index is 0.206. The molecular weight excluding hydrogens is 404 g/mol. The summed E-state index contributed by atoms with van der Waals surface area (Å²) < 4.78 is 16.4. The average Bonchev–Trinajstić information content (AvgIpc) is 3.55. The van der Waals surface area contributed by atoms with Gasteiger partial charge in [-0.2, -0.15) is 0 Å². The highest BCUT2D eigenvalue weighted by molar-refractivity contribution is 5.80. The highest BCUT2D eigenvalue weighted by Crippen LogP contribution is 2.25. The largest absolute Gasteiger partial charge is 0.497 e. The smallest absolute Gasteiger partial charge is 0.191 e. The van der Waals surface area contributed by atoms with E-state index < -0.39 is 0 Å². The second kappa shape index (κ2) is 11.9. The molecule has 7 nitrogen and oxygen atoms in total. The normalized spacial score (nSPS) is 19.1. The van der Waals surface area contributed by atoms with Crippen LogP contribution in [-0.4, -0.2) is 63.4 Å². The Morgan fingerprint density at radius 3 is 2.62 bits per heavy atom. The van der Waals surface area contributed by atoms with Crippen LogP contribution in [0.4, 0.5) is 0 Å². The number of methoxy groups -OCH3 is 1. The first-order chi connectivity index (χ1) is 15.8. The summed E-state index contributed by atoms with van der Waals surface area (Å²) in [5, 5.41) is 7.20. The zero-order valence-electron chi connectivity index (χ0n) is 19.1. The molecule has 1 aliphatic heterocycles. The van der Waals surface area contributed by atoms with Crippen LogP contribution in [-0.2, 0) is 11.2 Å². The number of ether oxygens (including phenoxy) is 2. The van der Waals surface area contributed by atoms with Crippen LogP contribution in [0.5, 0.6) is 5.75 Å². The van der Waals surface area contributed by atoms with Gasteiger partial charge in [0.25, 0.3) is 0 Å². The summed E-state index contributed by atoms with van der Waals surface area (Å²) in [6.45, 7) is 4.86. The molecule has 1 aromatic heterocycles. The lowest BCUT2D eigenvalue weighted by molar-refractivity contribution is 0.0179. The number of hydrogen-bond acceptors (Lipinski definition) is 5. The maximum atomic E-state index is 5.59. The molecule has 174 valence electrons.